The number of unbranched alkanes of at least 4 members (excludes halogenated alkanes) is 1. The first-order valence-corrected chi connectivity index (χ1v) is 5.93. The predicted molar refractivity (Wildman–Crippen MR) is 53.2 cm³/mol. The van der Waals surface area contributed by atoms with E-state index in [1.54, 1.807) is 0 Å². The molecule has 5 nitrogen and oxygen atoms in total. The number of sulfonamides is 1. The highest BCUT2D eigenvalue weighted by Gasteiger charge is 2.07. The van der Waals surface area contributed by atoms with Crippen molar-refractivity contribution in [3.63, 3.8) is 0 Å². The van der Waals surface area contributed by atoms with Gasteiger partial charge in [-0.15, -0.1) is 0 Å². The molecule has 0 fully saturated rings. The van der Waals surface area contributed by atoms with Gasteiger partial charge < -0.3 is 5.73 Å². The fourth-order valence-electron chi connectivity index (χ4n) is 0.748. The number of hydrogen-bond acceptors (Lipinski definition) is 3. The number of rotatable bonds is 7. The van der Waals surface area contributed by atoms with Crippen LogP contribution in [0.25, 0.3) is 0 Å². The Bertz CT molecular complexity index is 248. The summed E-state index contributed by atoms with van der Waals surface area (Å²) in [4.78, 5) is 0. The van der Waals surface area contributed by atoms with Gasteiger partial charge in [0.25, 0.3) is 0 Å². The molecule has 0 aliphatic carbocycles. The van der Waals surface area contributed by atoms with E-state index in [1.807, 2.05) is 6.92 Å². The molecule has 0 saturated heterocycles. The monoisotopic (exact) mass is 207 g/mol. The van der Waals surface area contributed by atoms with E-state index in [2.05, 4.69) is 4.72 Å². The number of nitrogens with one attached hydrogen (secondary N) is 2. The summed E-state index contributed by atoms with van der Waals surface area (Å²) >= 11 is 0. The third-order valence-corrected chi connectivity index (χ3v) is 2.95. The van der Waals surface area contributed by atoms with Gasteiger partial charge >= 0.3 is 0 Å². The average molecular weight is 207 g/mol. The van der Waals surface area contributed by atoms with Gasteiger partial charge in [0.2, 0.25) is 10.0 Å². The molecule has 0 aliphatic rings. The molecule has 0 aliphatic heterocycles. The van der Waals surface area contributed by atoms with Crippen molar-refractivity contribution in [1.29, 1.82) is 5.41 Å². The summed E-state index contributed by atoms with van der Waals surface area (Å²) in [5.74, 6) is 0.152. The van der Waals surface area contributed by atoms with E-state index < -0.39 is 10.0 Å². The topological polar surface area (TPSA) is 96.0 Å². The maximum atomic E-state index is 11.1. The van der Waals surface area contributed by atoms with Crippen molar-refractivity contribution in [2.75, 3.05) is 12.3 Å². The molecule has 0 aromatic carbocycles. The Labute approximate surface area is 79.3 Å². The van der Waals surface area contributed by atoms with Crippen LogP contribution in [0, 0.1) is 5.41 Å². The van der Waals surface area contributed by atoms with Crippen molar-refractivity contribution in [2.24, 2.45) is 5.73 Å². The highest BCUT2D eigenvalue weighted by molar-refractivity contribution is 7.89. The molecule has 0 unspecified atom stereocenters. The van der Waals surface area contributed by atoms with Crippen LogP contribution in [-0.2, 0) is 10.0 Å². The summed E-state index contributed by atoms with van der Waals surface area (Å²) in [5, 5.41) is 6.88. The molecule has 0 aromatic rings. The summed E-state index contributed by atoms with van der Waals surface area (Å²) in [6.07, 6.45) is 1.79. The lowest BCUT2D eigenvalue weighted by atomic mass is 10.4. The Kier molecular flexibility index (Phi) is 5.65. The van der Waals surface area contributed by atoms with Crippen molar-refractivity contribution in [2.45, 2.75) is 26.2 Å². The number of amidine groups is 1. The lowest BCUT2D eigenvalue weighted by Crippen LogP contribution is -2.29. The minimum absolute atomic E-state index is 0.00167. The number of hydrogen-bond donors (Lipinski definition) is 3. The molecule has 0 radical (unpaired) electrons. The van der Waals surface area contributed by atoms with Gasteiger partial charge in [0.15, 0.2) is 0 Å². The Morgan fingerprint density at radius 2 is 2.15 bits per heavy atom. The summed E-state index contributed by atoms with van der Waals surface area (Å²) in [5.41, 5.74) is 5.07. The lowest BCUT2D eigenvalue weighted by molar-refractivity contribution is 0.579. The van der Waals surface area contributed by atoms with Gasteiger partial charge in [-0.25, -0.2) is 13.1 Å². The van der Waals surface area contributed by atoms with Crippen LogP contribution in [0.5, 0.6) is 0 Å². The number of nitrogens with two attached hydrogens (primary N) is 1. The van der Waals surface area contributed by atoms with Crippen LogP contribution in [0.1, 0.15) is 26.2 Å². The first-order chi connectivity index (χ1) is 5.98. The normalized spacial score (nSPS) is 11.5. The van der Waals surface area contributed by atoms with Crippen molar-refractivity contribution >= 4 is 15.9 Å². The summed E-state index contributed by atoms with van der Waals surface area (Å²) in [6.45, 7) is 2.16. The molecule has 0 rings (SSSR count). The summed E-state index contributed by atoms with van der Waals surface area (Å²) in [6, 6.07) is 0. The fourth-order valence-corrected chi connectivity index (χ4v) is 1.97. The Morgan fingerprint density at radius 3 is 2.62 bits per heavy atom. The lowest BCUT2D eigenvalue weighted by Gasteiger charge is -2.04. The molecule has 0 spiro atoms. The van der Waals surface area contributed by atoms with Gasteiger partial charge in [0, 0.05) is 13.0 Å². The molecule has 0 bridgehead atoms. The van der Waals surface area contributed by atoms with Gasteiger partial charge in [0.05, 0.1) is 11.6 Å². The van der Waals surface area contributed by atoms with Crippen LogP contribution in [0.4, 0.5) is 0 Å². The second-order valence-corrected chi connectivity index (χ2v) is 4.77. The molecule has 0 aromatic heterocycles. The Hall–Kier alpha value is -0.620. The van der Waals surface area contributed by atoms with Gasteiger partial charge in [-0.1, -0.05) is 13.3 Å². The Balaban J connectivity index is 3.70. The Morgan fingerprint density at radius 1 is 1.54 bits per heavy atom. The minimum atomic E-state index is -3.14. The van der Waals surface area contributed by atoms with E-state index in [1.165, 1.54) is 0 Å². The largest absolute Gasteiger partial charge is 0.388 e. The quantitative estimate of drug-likeness (QED) is 0.406. The second-order valence-electron chi connectivity index (χ2n) is 2.84. The molecule has 0 saturated carbocycles. The zero-order valence-electron chi connectivity index (χ0n) is 7.84. The third-order valence-electron chi connectivity index (χ3n) is 1.48. The minimum Gasteiger partial charge on any atom is -0.388 e. The van der Waals surface area contributed by atoms with Crippen LogP contribution in [-0.4, -0.2) is 26.6 Å². The van der Waals surface area contributed by atoms with Crippen molar-refractivity contribution < 1.29 is 8.42 Å². The van der Waals surface area contributed by atoms with Crippen LogP contribution in [0.15, 0.2) is 0 Å². The SMILES string of the molecule is CCCCS(=O)(=O)NCCC(=N)N. The van der Waals surface area contributed by atoms with E-state index in [0.717, 1.165) is 6.42 Å². The molecular weight excluding hydrogens is 190 g/mol. The third kappa shape index (κ3) is 7.73. The van der Waals surface area contributed by atoms with E-state index in [4.69, 9.17) is 11.1 Å². The molecule has 4 N–H and O–H groups in total. The fraction of sp³-hybridized carbons (Fsp3) is 0.857. The van der Waals surface area contributed by atoms with Gasteiger partial charge in [0.1, 0.15) is 0 Å². The van der Waals surface area contributed by atoms with Gasteiger partial charge in [-0.2, -0.15) is 0 Å². The smallest absolute Gasteiger partial charge is 0.211 e. The first-order valence-electron chi connectivity index (χ1n) is 4.28. The maximum Gasteiger partial charge on any atom is 0.211 e. The molecule has 78 valence electrons. The zero-order valence-corrected chi connectivity index (χ0v) is 8.65. The van der Waals surface area contributed by atoms with Gasteiger partial charge in [-0.3, -0.25) is 5.41 Å². The molecule has 0 atom stereocenters. The summed E-state index contributed by atoms with van der Waals surface area (Å²) < 4.78 is 24.7. The zero-order chi connectivity index (χ0) is 10.3. The molecule has 13 heavy (non-hydrogen) atoms. The van der Waals surface area contributed by atoms with Crippen molar-refractivity contribution in [3.05, 3.63) is 0 Å². The first kappa shape index (κ1) is 12.4. The van der Waals surface area contributed by atoms with E-state index in [9.17, 15) is 8.42 Å². The molecule has 6 heteroatoms. The van der Waals surface area contributed by atoms with Crippen molar-refractivity contribution in [3.8, 4) is 0 Å². The maximum absolute atomic E-state index is 11.1. The average Bonchev–Trinajstić information content (AvgIpc) is 2.00. The van der Waals surface area contributed by atoms with E-state index >= 15 is 0 Å². The van der Waals surface area contributed by atoms with Crippen LogP contribution >= 0.6 is 0 Å². The molecule has 0 amide bonds. The predicted octanol–water partition coefficient (Wildman–Crippen LogP) is 0.0320. The summed E-state index contributed by atoms with van der Waals surface area (Å²) in [7, 11) is -3.14. The van der Waals surface area contributed by atoms with E-state index in [0.29, 0.717) is 6.42 Å². The molecule has 0 heterocycles. The van der Waals surface area contributed by atoms with Crippen LogP contribution < -0.4 is 10.5 Å². The second kappa shape index (κ2) is 5.93. The van der Waals surface area contributed by atoms with Crippen LogP contribution in [0.2, 0.25) is 0 Å². The van der Waals surface area contributed by atoms with Gasteiger partial charge in [-0.05, 0) is 6.42 Å². The highest BCUT2D eigenvalue weighted by Crippen LogP contribution is 1.93. The molecular formula is C7H17N3O2S. The standard InChI is InChI=1S/C7H17N3O2S/c1-2-3-6-13(11,12)10-5-4-7(8)9/h10H,2-6H2,1H3,(H3,8,9). The van der Waals surface area contributed by atoms with Crippen LogP contribution in [0.3, 0.4) is 0 Å². The highest BCUT2D eigenvalue weighted by atomic mass is 32.2. The van der Waals surface area contributed by atoms with Crippen molar-refractivity contribution in [1.82, 2.24) is 4.72 Å². The van der Waals surface area contributed by atoms with E-state index in [-0.39, 0.29) is 24.6 Å².